The topological polar surface area (TPSA) is 55.4 Å². The molecule has 0 unspecified atom stereocenters. The predicted molar refractivity (Wildman–Crippen MR) is 96.2 cm³/mol. The van der Waals surface area contributed by atoms with Crippen molar-refractivity contribution in [1.29, 1.82) is 0 Å². The summed E-state index contributed by atoms with van der Waals surface area (Å²) in [5, 5.41) is 3.91. The van der Waals surface area contributed by atoms with E-state index in [9.17, 15) is 9.59 Å². The highest BCUT2D eigenvalue weighted by atomic mass is 35.5. The minimum Gasteiger partial charge on any atom is -0.465 e. The monoisotopic (exact) mass is 385 g/mol. The van der Waals surface area contributed by atoms with Crippen LogP contribution >= 0.6 is 34.8 Å². The number of amides is 1. The molecule has 1 amide bonds. The number of anilines is 1. The molecule has 0 atom stereocenters. The van der Waals surface area contributed by atoms with Crippen molar-refractivity contribution in [2.24, 2.45) is 0 Å². The van der Waals surface area contributed by atoms with Gasteiger partial charge in [-0.15, -0.1) is 0 Å². The highest BCUT2D eigenvalue weighted by Gasteiger charge is 2.12. The Bertz CT molecular complexity index is 778. The highest BCUT2D eigenvalue weighted by molar-refractivity contribution is 6.42. The average Bonchev–Trinajstić information content (AvgIpc) is 2.57. The lowest BCUT2D eigenvalue weighted by Crippen LogP contribution is -2.13. The highest BCUT2D eigenvalue weighted by Crippen LogP contribution is 2.24. The molecule has 0 aliphatic carbocycles. The lowest BCUT2D eigenvalue weighted by Gasteiger charge is -2.08. The van der Waals surface area contributed by atoms with Crippen LogP contribution in [-0.4, -0.2) is 19.0 Å². The van der Waals surface area contributed by atoms with Gasteiger partial charge in [-0.25, -0.2) is 4.79 Å². The molecule has 0 saturated carbocycles. The van der Waals surface area contributed by atoms with Gasteiger partial charge < -0.3 is 10.1 Å². The summed E-state index contributed by atoms with van der Waals surface area (Å²) in [5.74, 6) is -0.758. The Balaban J connectivity index is 1.99. The van der Waals surface area contributed by atoms with E-state index in [2.05, 4.69) is 10.1 Å². The second-order valence-electron chi connectivity index (χ2n) is 4.98. The minimum atomic E-state index is -0.563. The van der Waals surface area contributed by atoms with Gasteiger partial charge in [0.1, 0.15) is 0 Å². The number of benzene rings is 2. The van der Waals surface area contributed by atoms with Crippen molar-refractivity contribution in [3.63, 3.8) is 0 Å². The molecule has 4 nitrogen and oxygen atoms in total. The number of carbonyl (C=O) groups excluding carboxylic acids is 2. The van der Waals surface area contributed by atoms with E-state index in [-0.39, 0.29) is 22.9 Å². The first-order valence-corrected chi connectivity index (χ1v) is 8.15. The largest absolute Gasteiger partial charge is 0.465 e. The van der Waals surface area contributed by atoms with Gasteiger partial charge in [0, 0.05) is 12.1 Å². The van der Waals surface area contributed by atoms with Crippen LogP contribution in [0.2, 0.25) is 15.1 Å². The fourth-order valence-corrected chi connectivity index (χ4v) is 2.56. The standard InChI is InChI=1S/C17H14Cl3NO3/c1-24-17(23)12-9-11(4-6-13(12)18)21-16(22)7-3-10-2-5-14(19)15(20)8-10/h2,4-6,8-9H,3,7H2,1H3,(H,21,22). The van der Waals surface area contributed by atoms with Crippen LogP contribution < -0.4 is 5.32 Å². The number of esters is 1. The predicted octanol–water partition coefficient (Wildman–Crippen LogP) is 5.00. The molecule has 0 bridgehead atoms. The molecule has 0 aromatic heterocycles. The summed E-state index contributed by atoms with van der Waals surface area (Å²) in [4.78, 5) is 23.7. The van der Waals surface area contributed by atoms with Gasteiger partial charge >= 0.3 is 5.97 Å². The fourth-order valence-electron chi connectivity index (χ4n) is 2.05. The van der Waals surface area contributed by atoms with Crippen LogP contribution in [0.1, 0.15) is 22.3 Å². The number of rotatable bonds is 5. The molecule has 0 heterocycles. The number of hydrogen-bond acceptors (Lipinski definition) is 3. The van der Waals surface area contributed by atoms with Gasteiger partial charge in [-0.2, -0.15) is 0 Å². The van der Waals surface area contributed by atoms with Gasteiger partial charge in [0.05, 0.1) is 27.7 Å². The van der Waals surface area contributed by atoms with Gasteiger partial charge in [0.15, 0.2) is 0 Å². The molecular formula is C17H14Cl3NO3. The van der Waals surface area contributed by atoms with Crippen LogP contribution in [0.3, 0.4) is 0 Å². The molecule has 2 aromatic rings. The summed E-state index contributed by atoms with van der Waals surface area (Å²) in [6, 6.07) is 9.87. The lowest BCUT2D eigenvalue weighted by molar-refractivity contribution is -0.116. The zero-order valence-corrected chi connectivity index (χ0v) is 15.0. The first kappa shape index (κ1) is 18.6. The van der Waals surface area contributed by atoms with E-state index in [1.165, 1.54) is 19.2 Å². The van der Waals surface area contributed by atoms with E-state index in [0.717, 1.165) is 5.56 Å². The van der Waals surface area contributed by atoms with Crippen LogP contribution in [0.25, 0.3) is 0 Å². The Kier molecular flexibility index (Phi) is 6.49. The first-order valence-electron chi connectivity index (χ1n) is 7.02. The third-order valence-corrected chi connectivity index (χ3v) is 4.35. The van der Waals surface area contributed by atoms with E-state index in [1.54, 1.807) is 18.2 Å². The summed E-state index contributed by atoms with van der Waals surface area (Å²) < 4.78 is 4.64. The summed E-state index contributed by atoms with van der Waals surface area (Å²) in [6.45, 7) is 0. The van der Waals surface area contributed by atoms with Crippen LogP contribution in [0.4, 0.5) is 5.69 Å². The number of hydrogen-bond donors (Lipinski definition) is 1. The van der Waals surface area contributed by atoms with Crippen molar-refractivity contribution in [2.45, 2.75) is 12.8 Å². The summed E-state index contributed by atoms with van der Waals surface area (Å²) in [6.07, 6.45) is 0.772. The molecular weight excluding hydrogens is 373 g/mol. The summed E-state index contributed by atoms with van der Waals surface area (Å²) in [5.41, 5.74) is 1.58. The molecule has 0 aliphatic rings. The Morgan fingerprint density at radius 3 is 2.38 bits per heavy atom. The quantitative estimate of drug-likeness (QED) is 0.735. The summed E-state index contributed by atoms with van der Waals surface area (Å²) in [7, 11) is 1.27. The van der Waals surface area contributed by atoms with Crippen LogP contribution in [0.15, 0.2) is 36.4 Å². The van der Waals surface area contributed by atoms with E-state index in [0.29, 0.717) is 22.2 Å². The van der Waals surface area contributed by atoms with Crippen molar-refractivity contribution >= 4 is 52.4 Å². The number of ether oxygens (including phenoxy) is 1. The normalized spacial score (nSPS) is 10.3. The SMILES string of the molecule is COC(=O)c1cc(NC(=O)CCc2ccc(Cl)c(Cl)c2)ccc1Cl. The van der Waals surface area contributed by atoms with E-state index in [1.807, 2.05) is 6.07 Å². The number of nitrogens with one attached hydrogen (secondary N) is 1. The van der Waals surface area contributed by atoms with Gasteiger partial charge in [0.2, 0.25) is 5.91 Å². The maximum Gasteiger partial charge on any atom is 0.339 e. The lowest BCUT2D eigenvalue weighted by atomic mass is 10.1. The maximum atomic E-state index is 12.1. The molecule has 0 fully saturated rings. The van der Waals surface area contributed by atoms with Crippen LogP contribution in [0, 0.1) is 0 Å². The Morgan fingerprint density at radius 2 is 1.71 bits per heavy atom. The first-order chi connectivity index (χ1) is 11.4. The van der Waals surface area contributed by atoms with Gasteiger partial charge in [-0.05, 0) is 42.3 Å². The van der Waals surface area contributed by atoms with Gasteiger partial charge in [0.25, 0.3) is 0 Å². The average molecular weight is 387 g/mol. The van der Waals surface area contributed by atoms with Crippen molar-refractivity contribution in [3.05, 3.63) is 62.6 Å². The van der Waals surface area contributed by atoms with Gasteiger partial charge in [-0.3, -0.25) is 4.79 Å². The molecule has 7 heteroatoms. The van der Waals surface area contributed by atoms with Crippen LogP contribution in [0.5, 0.6) is 0 Å². The molecule has 1 N–H and O–H groups in total. The molecule has 126 valence electrons. The van der Waals surface area contributed by atoms with Crippen molar-refractivity contribution in [2.75, 3.05) is 12.4 Å². The number of aryl methyl sites for hydroxylation is 1. The molecule has 0 radical (unpaired) electrons. The summed E-state index contributed by atoms with van der Waals surface area (Å²) >= 11 is 17.7. The van der Waals surface area contributed by atoms with Crippen molar-refractivity contribution in [1.82, 2.24) is 0 Å². The zero-order valence-electron chi connectivity index (χ0n) is 12.7. The maximum absolute atomic E-state index is 12.1. The Labute approximate surface area is 154 Å². The van der Waals surface area contributed by atoms with Crippen molar-refractivity contribution < 1.29 is 14.3 Å². The zero-order chi connectivity index (χ0) is 17.7. The number of halogens is 3. The molecule has 2 aromatic carbocycles. The van der Waals surface area contributed by atoms with Crippen molar-refractivity contribution in [3.8, 4) is 0 Å². The fraction of sp³-hybridized carbons (Fsp3) is 0.176. The second kappa shape index (κ2) is 8.38. The molecule has 0 saturated heterocycles. The third-order valence-electron chi connectivity index (χ3n) is 3.28. The molecule has 24 heavy (non-hydrogen) atoms. The Morgan fingerprint density at radius 1 is 1.00 bits per heavy atom. The van der Waals surface area contributed by atoms with E-state index in [4.69, 9.17) is 34.8 Å². The second-order valence-corrected chi connectivity index (χ2v) is 6.20. The molecule has 0 spiro atoms. The number of methoxy groups -OCH3 is 1. The molecule has 2 rings (SSSR count). The van der Waals surface area contributed by atoms with Gasteiger partial charge in [-0.1, -0.05) is 40.9 Å². The van der Waals surface area contributed by atoms with E-state index >= 15 is 0 Å². The molecule has 0 aliphatic heterocycles. The minimum absolute atomic E-state index is 0.195. The smallest absolute Gasteiger partial charge is 0.339 e. The van der Waals surface area contributed by atoms with E-state index < -0.39 is 5.97 Å². The van der Waals surface area contributed by atoms with Crippen LogP contribution in [-0.2, 0) is 16.0 Å². The number of carbonyl (C=O) groups is 2. The Hall–Kier alpha value is -1.75. The third kappa shape index (κ3) is 4.87.